The predicted octanol–water partition coefficient (Wildman–Crippen LogP) is 4.08. The molecule has 74 valence electrons. The second-order valence-electron chi connectivity index (χ2n) is 5.60. The second kappa shape index (κ2) is 2.96. The molecule has 3 rings (SSSR count). The van der Waals surface area contributed by atoms with E-state index in [1.807, 2.05) is 0 Å². The fourth-order valence-electron chi connectivity index (χ4n) is 4.02. The summed E-state index contributed by atoms with van der Waals surface area (Å²) in [7, 11) is 1.36. The molecule has 2 spiro atoms. The first-order chi connectivity index (χ1) is 6.33. The Labute approximate surface area is 83.7 Å². The Bertz CT molecular complexity index is 175. The quantitative estimate of drug-likeness (QED) is 0.512. The Hall–Kier alpha value is 0.430. The SMILES string of the molecule is C1CCC2(C1)CCC1(CCCC1)P2. The van der Waals surface area contributed by atoms with E-state index in [9.17, 15) is 0 Å². The molecule has 2 aliphatic carbocycles. The summed E-state index contributed by atoms with van der Waals surface area (Å²) in [5.74, 6) is 0. The van der Waals surface area contributed by atoms with Gasteiger partial charge in [0.25, 0.3) is 0 Å². The fraction of sp³-hybridized carbons (Fsp3) is 1.00. The van der Waals surface area contributed by atoms with Crippen LogP contribution in [0, 0.1) is 0 Å². The van der Waals surface area contributed by atoms with E-state index in [0.29, 0.717) is 0 Å². The molecule has 0 radical (unpaired) electrons. The van der Waals surface area contributed by atoms with Crippen LogP contribution in [0.3, 0.4) is 0 Å². The third-order valence-corrected chi connectivity index (χ3v) is 7.29. The van der Waals surface area contributed by atoms with Crippen molar-refractivity contribution in [1.29, 1.82) is 0 Å². The molecular weight excluding hydrogens is 175 g/mol. The van der Waals surface area contributed by atoms with Crippen LogP contribution in [0.2, 0.25) is 0 Å². The summed E-state index contributed by atoms with van der Waals surface area (Å²) >= 11 is 0. The van der Waals surface area contributed by atoms with Crippen molar-refractivity contribution in [2.45, 2.75) is 74.5 Å². The van der Waals surface area contributed by atoms with Crippen LogP contribution in [0.15, 0.2) is 0 Å². The molecule has 0 amide bonds. The summed E-state index contributed by atoms with van der Waals surface area (Å²) in [6.45, 7) is 0. The van der Waals surface area contributed by atoms with Crippen LogP contribution in [0.25, 0.3) is 0 Å². The minimum absolute atomic E-state index is 0.893. The van der Waals surface area contributed by atoms with Gasteiger partial charge in [0.05, 0.1) is 0 Å². The summed E-state index contributed by atoms with van der Waals surface area (Å²) in [4.78, 5) is 0. The number of hydrogen-bond acceptors (Lipinski definition) is 0. The van der Waals surface area contributed by atoms with E-state index < -0.39 is 0 Å². The lowest BCUT2D eigenvalue weighted by Crippen LogP contribution is -2.16. The van der Waals surface area contributed by atoms with Crippen LogP contribution >= 0.6 is 8.58 Å². The Morgan fingerprint density at radius 3 is 1.31 bits per heavy atom. The van der Waals surface area contributed by atoms with E-state index in [4.69, 9.17) is 0 Å². The van der Waals surface area contributed by atoms with Gasteiger partial charge in [0.15, 0.2) is 0 Å². The van der Waals surface area contributed by atoms with Gasteiger partial charge in [-0.3, -0.25) is 0 Å². The predicted molar refractivity (Wildman–Crippen MR) is 59.9 cm³/mol. The lowest BCUT2D eigenvalue weighted by Gasteiger charge is -2.28. The van der Waals surface area contributed by atoms with Gasteiger partial charge in [-0.1, -0.05) is 25.7 Å². The van der Waals surface area contributed by atoms with Crippen LogP contribution in [0.5, 0.6) is 0 Å². The largest absolute Gasteiger partial charge is 0.109 e. The molecule has 13 heavy (non-hydrogen) atoms. The van der Waals surface area contributed by atoms with Gasteiger partial charge in [-0.15, -0.1) is 8.58 Å². The maximum Gasteiger partial charge on any atom is -0.0117 e. The smallest absolute Gasteiger partial charge is 0.0117 e. The van der Waals surface area contributed by atoms with Crippen molar-refractivity contribution in [1.82, 2.24) is 0 Å². The van der Waals surface area contributed by atoms with Gasteiger partial charge in [0, 0.05) is 0 Å². The van der Waals surface area contributed by atoms with Crippen LogP contribution < -0.4 is 0 Å². The third kappa shape index (κ3) is 1.37. The molecule has 1 heteroatoms. The zero-order valence-electron chi connectivity index (χ0n) is 8.57. The Kier molecular flexibility index (Phi) is 1.98. The van der Waals surface area contributed by atoms with Crippen molar-refractivity contribution >= 4 is 8.58 Å². The summed E-state index contributed by atoms with van der Waals surface area (Å²) in [6.07, 6.45) is 15.7. The molecule has 0 unspecified atom stereocenters. The molecule has 0 bridgehead atoms. The highest BCUT2D eigenvalue weighted by molar-refractivity contribution is 7.42. The zero-order valence-corrected chi connectivity index (χ0v) is 9.57. The molecule has 0 nitrogen and oxygen atoms in total. The van der Waals surface area contributed by atoms with Gasteiger partial charge in [-0.05, 0) is 48.8 Å². The first-order valence-electron chi connectivity index (χ1n) is 6.12. The van der Waals surface area contributed by atoms with Crippen LogP contribution in [-0.4, -0.2) is 10.3 Å². The number of rotatable bonds is 0. The van der Waals surface area contributed by atoms with E-state index in [2.05, 4.69) is 0 Å². The molecular formula is C12H21P. The number of hydrogen-bond donors (Lipinski definition) is 0. The molecule has 3 aliphatic rings. The van der Waals surface area contributed by atoms with Gasteiger partial charge < -0.3 is 0 Å². The van der Waals surface area contributed by atoms with Crippen LogP contribution in [0.4, 0.5) is 0 Å². The Balaban J connectivity index is 1.76. The molecule has 0 aromatic carbocycles. The van der Waals surface area contributed by atoms with Crippen LogP contribution in [0.1, 0.15) is 64.2 Å². The Morgan fingerprint density at radius 1 is 0.538 bits per heavy atom. The highest BCUT2D eigenvalue weighted by atomic mass is 31.1. The van der Waals surface area contributed by atoms with Crippen LogP contribution in [-0.2, 0) is 0 Å². The molecule has 0 aromatic rings. The maximum atomic E-state index is 1.60. The molecule has 2 saturated carbocycles. The summed E-state index contributed by atoms with van der Waals surface area (Å²) < 4.78 is 0. The molecule has 3 fully saturated rings. The maximum absolute atomic E-state index is 1.60. The minimum Gasteiger partial charge on any atom is -0.109 e. The fourth-order valence-corrected chi connectivity index (χ4v) is 6.85. The summed E-state index contributed by atoms with van der Waals surface area (Å²) in [5, 5.41) is 1.79. The molecule has 0 N–H and O–H groups in total. The minimum atomic E-state index is 0.893. The average Bonchev–Trinajstić information content (AvgIpc) is 2.81. The van der Waals surface area contributed by atoms with Gasteiger partial charge >= 0.3 is 0 Å². The Morgan fingerprint density at radius 2 is 0.923 bits per heavy atom. The van der Waals surface area contributed by atoms with E-state index in [1.54, 1.807) is 64.2 Å². The van der Waals surface area contributed by atoms with Gasteiger partial charge in [0.2, 0.25) is 0 Å². The van der Waals surface area contributed by atoms with Gasteiger partial charge in [-0.2, -0.15) is 0 Å². The van der Waals surface area contributed by atoms with E-state index >= 15 is 0 Å². The molecule has 0 atom stereocenters. The van der Waals surface area contributed by atoms with Crippen molar-refractivity contribution in [3.63, 3.8) is 0 Å². The van der Waals surface area contributed by atoms with Crippen molar-refractivity contribution in [3.8, 4) is 0 Å². The topological polar surface area (TPSA) is 0 Å². The van der Waals surface area contributed by atoms with Gasteiger partial charge in [-0.25, -0.2) is 0 Å². The van der Waals surface area contributed by atoms with Crippen molar-refractivity contribution in [2.24, 2.45) is 0 Å². The lowest BCUT2D eigenvalue weighted by atomic mass is 9.94. The standard InChI is InChI=1S/C12H21P/c1-2-6-11(5-1)9-10-12(13-11)7-3-4-8-12/h13H,1-10H2. The monoisotopic (exact) mass is 196 g/mol. The third-order valence-electron chi connectivity index (χ3n) is 4.73. The molecule has 1 aliphatic heterocycles. The summed E-state index contributed by atoms with van der Waals surface area (Å²) in [5.41, 5.74) is 0. The first-order valence-corrected chi connectivity index (χ1v) is 7.12. The zero-order chi connectivity index (χ0) is 8.78. The lowest BCUT2D eigenvalue weighted by molar-refractivity contribution is 0.514. The van der Waals surface area contributed by atoms with E-state index in [-0.39, 0.29) is 0 Å². The van der Waals surface area contributed by atoms with Crippen molar-refractivity contribution < 1.29 is 0 Å². The highest BCUT2D eigenvalue weighted by Crippen LogP contribution is 2.66. The average molecular weight is 196 g/mol. The summed E-state index contributed by atoms with van der Waals surface area (Å²) in [6, 6.07) is 0. The van der Waals surface area contributed by atoms with E-state index in [0.717, 1.165) is 10.3 Å². The first kappa shape index (κ1) is 8.72. The molecule has 1 saturated heterocycles. The molecule has 1 heterocycles. The van der Waals surface area contributed by atoms with Crippen molar-refractivity contribution in [3.05, 3.63) is 0 Å². The van der Waals surface area contributed by atoms with Crippen molar-refractivity contribution in [2.75, 3.05) is 0 Å². The van der Waals surface area contributed by atoms with E-state index in [1.165, 1.54) is 8.58 Å². The van der Waals surface area contributed by atoms with Gasteiger partial charge in [0.1, 0.15) is 0 Å². The normalized spacial score (nSPS) is 35.1. The highest BCUT2D eigenvalue weighted by Gasteiger charge is 2.49. The second-order valence-corrected chi connectivity index (χ2v) is 7.97. The molecule has 0 aromatic heterocycles.